The number of nitriles is 1. The van der Waals surface area contributed by atoms with E-state index in [0.717, 1.165) is 5.56 Å². The third kappa shape index (κ3) is 3.05. The molecule has 4 rings (SSSR count). The first-order valence-electron chi connectivity index (χ1n) is 9.15. The Hall–Kier alpha value is -2.95. The van der Waals surface area contributed by atoms with Crippen LogP contribution in [0.3, 0.4) is 0 Å². The van der Waals surface area contributed by atoms with E-state index in [2.05, 4.69) is 6.07 Å². The quantitative estimate of drug-likeness (QED) is 0.809. The molecule has 2 aromatic rings. The summed E-state index contributed by atoms with van der Waals surface area (Å²) < 4.78 is 5.17. The van der Waals surface area contributed by atoms with Crippen molar-refractivity contribution in [2.75, 3.05) is 12.9 Å². The van der Waals surface area contributed by atoms with Crippen molar-refractivity contribution in [3.63, 3.8) is 0 Å². The van der Waals surface area contributed by atoms with Crippen LogP contribution in [0.4, 0.5) is 0 Å². The number of benzene rings is 2. The van der Waals surface area contributed by atoms with E-state index in [1.165, 1.54) is 29.8 Å². The molecule has 29 heavy (non-hydrogen) atoms. The first-order valence-corrected chi connectivity index (χ1v) is 10.1. The van der Waals surface area contributed by atoms with Crippen molar-refractivity contribution in [3.05, 3.63) is 69.8 Å². The Morgan fingerprint density at radius 1 is 1.28 bits per heavy atom. The molecule has 2 N–H and O–H groups in total. The highest BCUT2D eigenvalue weighted by molar-refractivity contribution is 8.03. The van der Waals surface area contributed by atoms with Crippen LogP contribution in [0, 0.1) is 18.3 Å². The van der Waals surface area contributed by atoms with Crippen molar-refractivity contribution >= 4 is 17.7 Å². The number of rotatable bonds is 3. The van der Waals surface area contributed by atoms with Crippen molar-refractivity contribution < 1.29 is 19.7 Å². The van der Waals surface area contributed by atoms with Crippen molar-refractivity contribution in [2.45, 2.75) is 25.0 Å². The number of nitrogens with zero attached hydrogens (tertiary/aromatic N) is 2. The molecule has 2 aliphatic heterocycles. The van der Waals surface area contributed by atoms with Crippen LogP contribution >= 0.6 is 11.8 Å². The van der Waals surface area contributed by atoms with E-state index in [9.17, 15) is 20.3 Å². The average molecular weight is 408 g/mol. The highest BCUT2D eigenvalue weighted by atomic mass is 32.2. The number of aliphatic hydroxyl groups is 1. The lowest BCUT2D eigenvalue weighted by atomic mass is 9.85. The molecule has 0 saturated carbocycles. The second-order valence-corrected chi connectivity index (χ2v) is 8.18. The number of allylic oxidation sites excluding steroid dienone is 1. The van der Waals surface area contributed by atoms with Gasteiger partial charge in [-0.1, -0.05) is 35.9 Å². The summed E-state index contributed by atoms with van der Waals surface area (Å²) in [6.07, 6.45) is 0.0506. The molecule has 148 valence electrons. The molecule has 0 radical (unpaired) electrons. The van der Waals surface area contributed by atoms with Crippen LogP contribution < -0.4 is 4.74 Å². The first-order chi connectivity index (χ1) is 13.9. The number of fused-ring (bicyclic) bond motifs is 1. The number of methoxy groups -OCH3 is 1. The molecule has 2 atom stereocenters. The molecule has 0 aliphatic carbocycles. The number of thioether (sulfide) groups is 1. The number of carbonyl (C=O) groups is 1. The van der Waals surface area contributed by atoms with Gasteiger partial charge in [-0.2, -0.15) is 5.26 Å². The lowest BCUT2D eigenvalue weighted by Crippen LogP contribution is -2.48. The molecule has 0 bridgehead atoms. The third-order valence-corrected chi connectivity index (χ3v) is 6.65. The second kappa shape index (κ2) is 7.14. The van der Waals surface area contributed by atoms with Gasteiger partial charge in [-0.3, -0.25) is 9.69 Å². The Bertz CT molecular complexity index is 1060. The van der Waals surface area contributed by atoms with Crippen molar-refractivity contribution in [1.29, 1.82) is 5.26 Å². The zero-order valence-corrected chi connectivity index (χ0v) is 16.9. The van der Waals surface area contributed by atoms with E-state index < -0.39 is 11.6 Å². The molecular formula is C22H20N2O4S. The van der Waals surface area contributed by atoms with Crippen LogP contribution in [0.5, 0.6) is 11.5 Å². The van der Waals surface area contributed by atoms with Gasteiger partial charge in [-0.05, 0) is 24.6 Å². The van der Waals surface area contributed by atoms with E-state index >= 15 is 0 Å². The van der Waals surface area contributed by atoms with E-state index in [1.54, 1.807) is 12.1 Å². The number of ether oxygens (including phenoxy) is 1. The largest absolute Gasteiger partial charge is 0.504 e. The van der Waals surface area contributed by atoms with E-state index in [1.807, 2.05) is 31.2 Å². The van der Waals surface area contributed by atoms with Gasteiger partial charge in [-0.25, -0.2) is 0 Å². The third-order valence-electron chi connectivity index (χ3n) is 5.43. The molecule has 1 saturated heterocycles. The number of carbonyl (C=O) groups excluding carboxylic acids is 1. The molecule has 7 heteroatoms. The average Bonchev–Trinajstić information content (AvgIpc) is 3.08. The number of phenolic OH excluding ortho intramolecular Hbond substituents is 1. The van der Waals surface area contributed by atoms with E-state index in [0.29, 0.717) is 21.7 Å². The van der Waals surface area contributed by atoms with Gasteiger partial charge < -0.3 is 14.9 Å². The number of phenols is 1. The topological polar surface area (TPSA) is 93.8 Å². The highest BCUT2D eigenvalue weighted by Gasteiger charge is 2.51. The normalized spacial score (nSPS) is 23.7. The fourth-order valence-electron chi connectivity index (χ4n) is 3.85. The molecular weight excluding hydrogens is 388 g/mol. The van der Waals surface area contributed by atoms with Gasteiger partial charge in [0.25, 0.3) is 0 Å². The first kappa shape index (κ1) is 19.4. The molecule has 6 nitrogen and oxygen atoms in total. The van der Waals surface area contributed by atoms with Crippen molar-refractivity contribution in [1.82, 2.24) is 4.90 Å². The van der Waals surface area contributed by atoms with Gasteiger partial charge in [0.2, 0.25) is 5.91 Å². The lowest BCUT2D eigenvalue weighted by molar-refractivity contribution is -0.149. The molecule has 2 unspecified atom stereocenters. The maximum absolute atomic E-state index is 13.1. The Balaban J connectivity index is 1.80. The van der Waals surface area contributed by atoms with E-state index in [-0.39, 0.29) is 29.6 Å². The monoisotopic (exact) mass is 408 g/mol. The summed E-state index contributed by atoms with van der Waals surface area (Å²) in [6, 6.07) is 14.5. The minimum absolute atomic E-state index is 0.00448. The summed E-state index contributed by atoms with van der Waals surface area (Å²) in [4.78, 5) is 14.5. The predicted octanol–water partition coefficient (Wildman–Crippen LogP) is 3.35. The number of aromatic hydroxyl groups is 1. The minimum atomic E-state index is -1.48. The summed E-state index contributed by atoms with van der Waals surface area (Å²) in [7, 11) is 1.45. The molecule has 2 aliphatic rings. The van der Waals surface area contributed by atoms with Gasteiger partial charge in [0.05, 0.1) is 29.5 Å². The van der Waals surface area contributed by atoms with Crippen LogP contribution in [0.1, 0.15) is 29.0 Å². The molecule has 0 spiro atoms. The van der Waals surface area contributed by atoms with Crippen LogP contribution in [-0.4, -0.2) is 33.9 Å². The molecule has 2 aromatic carbocycles. The molecule has 2 heterocycles. The predicted molar refractivity (Wildman–Crippen MR) is 109 cm³/mol. The minimum Gasteiger partial charge on any atom is -0.504 e. The summed E-state index contributed by atoms with van der Waals surface area (Å²) in [5.74, 6) is -0.163. The van der Waals surface area contributed by atoms with Crippen molar-refractivity contribution in [2.24, 2.45) is 0 Å². The smallest absolute Gasteiger partial charge is 0.231 e. The maximum Gasteiger partial charge on any atom is 0.231 e. The maximum atomic E-state index is 13.1. The highest BCUT2D eigenvalue weighted by Crippen LogP contribution is 2.52. The Morgan fingerprint density at radius 3 is 2.66 bits per heavy atom. The number of amides is 1. The molecule has 0 aromatic heterocycles. The second-order valence-electron chi connectivity index (χ2n) is 7.22. The fraction of sp³-hybridized carbons (Fsp3) is 0.273. The van der Waals surface area contributed by atoms with Gasteiger partial charge in [0.1, 0.15) is 0 Å². The fourth-order valence-corrected chi connectivity index (χ4v) is 5.21. The van der Waals surface area contributed by atoms with Gasteiger partial charge in [0.15, 0.2) is 17.2 Å². The van der Waals surface area contributed by atoms with Crippen LogP contribution in [0.25, 0.3) is 0 Å². The summed E-state index contributed by atoms with van der Waals surface area (Å²) in [5, 5.41) is 31.6. The Kier molecular flexibility index (Phi) is 4.77. The van der Waals surface area contributed by atoms with E-state index in [4.69, 9.17) is 4.74 Å². The SMILES string of the molecule is COc1cc(C2CC(=O)N3C(=C2C#N)SCC3(O)c2ccc(C)cc2)ccc1O. The van der Waals surface area contributed by atoms with Gasteiger partial charge in [-0.15, -0.1) is 11.8 Å². The van der Waals surface area contributed by atoms with Crippen LogP contribution in [0.2, 0.25) is 0 Å². The van der Waals surface area contributed by atoms with Gasteiger partial charge >= 0.3 is 0 Å². The zero-order valence-electron chi connectivity index (χ0n) is 16.0. The summed E-state index contributed by atoms with van der Waals surface area (Å²) in [6.45, 7) is 1.96. The summed E-state index contributed by atoms with van der Waals surface area (Å²) >= 11 is 1.31. The number of hydrogen-bond donors (Lipinski definition) is 2. The Labute approximate surface area is 173 Å². The lowest BCUT2D eigenvalue weighted by Gasteiger charge is -2.38. The number of aryl methyl sites for hydroxylation is 1. The standard InChI is InChI=1S/C22H20N2O4S/c1-13-3-6-15(7-4-13)22(27)12-29-21-17(11-23)16(10-20(26)24(21)22)14-5-8-18(25)19(9-14)28-2/h3-9,16,25,27H,10,12H2,1-2H3. The number of hydrogen-bond acceptors (Lipinski definition) is 6. The van der Waals surface area contributed by atoms with Gasteiger partial charge in [0, 0.05) is 17.9 Å². The van der Waals surface area contributed by atoms with Crippen LogP contribution in [0.15, 0.2) is 53.1 Å². The van der Waals surface area contributed by atoms with Crippen LogP contribution in [-0.2, 0) is 10.5 Å². The Morgan fingerprint density at radius 2 is 2.00 bits per heavy atom. The van der Waals surface area contributed by atoms with Crippen molar-refractivity contribution in [3.8, 4) is 17.6 Å². The summed E-state index contributed by atoms with van der Waals surface area (Å²) in [5.41, 5.74) is 1.35. The zero-order chi connectivity index (χ0) is 20.8. The molecule has 1 amide bonds. The molecule has 1 fully saturated rings.